The molecule has 0 spiro atoms. The Labute approximate surface area is 129 Å². The summed E-state index contributed by atoms with van der Waals surface area (Å²) in [6.07, 6.45) is 1.14. The van der Waals surface area contributed by atoms with Gasteiger partial charge in [-0.1, -0.05) is 45.4 Å². The normalized spacial score (nSPS) is 13.3. The van der Waals surface area contributed by atoms with Gasteiger partial charge in [0.25, 0.3) is 0 Å². The van der Waals surface area contributed by atoms with Crippen molar-refractivity contribution in [3.8, 4) is 0 Å². The molecule has 1 atom stereocenters. The zero-order valence-electron chi connectivity index (χ0n) is 13.8. The van der Waals surface area contributed by atoms with Crippen LogP contribution in [0.1, 0.15) is 46.6 Å². The van der Waals surface area contributed by atoms with E-state index in [4.69, 9.17) is 11.6 Å². The number of nitrogens with zero attached hydrogens (tertiary/aromatic N) is 1. The molecule has 1 rings (SSSR count). The van der Waals surface area contributed by atoms with E-state index in [2.05, 4.69) is 70.1 Å². The Balaban J connectivity index is 2.81. The average molecular weight is 297 g/mol. The van der Waals surface area contributed by atoms with Gasteiger partial charge in [-0.2, -0.15) is 0 Å². The highest BCUT2D eigenvalue weighted by Gasteiger charge is 2.24. The summed E-state index contributed by atoms with van der Waals surface area (Å²) in [4.78, 5) is 2.30. The maximum Gasteiger partial charge on any atom is 0.0471 e. The largest absolute Gasteiger partial charge is 0.371 e. The van der Waals surface area contributed by atoms with Crippen LogP contribution < -0.4 is 10.2 Å². The van der Waals surface area contributed by atoms with E-state index in [0.717, 1.165) is 24.5 Å². The average Bonchev–Trinajstić information content (AvgIpc) is 2.38. The third-order valence-electron chi connectivity index (χ3n) is 4.02. The predicted molar refractivity (Wildman–Crippen MR) is 90.8 cm³/mol. The molecule has 0 aromatic heterocycles. The Morgan fingerprint density at radius 1 is 1.30 bits per heavy atom. The Bertz CT molecular complexity index is 423. The lowest BCUT2D eigenvalue weighted by Gasteiger charge is -2.37. The lowest BCUT2D eigenvalue weighted by atomic mass is 9.87. The number of hydrogen-bond acceptors (Lipinski definition) is 2. The molecule has 0 fully saturated rings. The summed E-state index contributed by atoms with van der Waals surface area (Å²) in [5.74, 6) is 0. The van der Waals surface area contributed by atoms with Gasteiger partial charge >= 0.3 is 0 Å². The van der Waals surface area contributed by atoms with E-state index < -0.39 is 0 Å². The summed E-state index contributed by atoms with van der Waals surface area (Å²) >= 11 is 6.40. The Kier molecular flexibility index (Phi) is 6.35. The lowest BCUT2D eigenvalue weighted by molar-refractivity contribution is 0.330. The standard InChI is InChI=1S/C17H29ClN2/c1-7-10-19-12-14-8-9-15(11-16(14)18)20(6)13(2)17(3,4)5/h8-9,11,13,19H,7,10,12H2,1-6H3. The van der Waals surface area contributed by atoms with Gasteiger partial charge in [0.05, 0.1) is 0 Å². The second-order valence-corrected chi connectivity index (χ2v) is 7.01. The van der Waals surface area contributed by atoms with Crippen molar-refractivity contribution in [1.82, 2.24) is 5.32 Å². The molecule has 2 nitrogen and oxygen atoms in total. The van der Waals surface area contributed by atoms with Crippen molar-refractivity contribution in [2.45, 2.75) is 53.6 Å². The third-order valence-corrected chi connectivity index (χ3v) is 4.37. The minimum absolute atomic E-state index is 0.239. The summed E-state index contributed by atoms with van der Waals surface area (Å²) in [6.45, 7) is 13.1. The molecule has 1 aromatic carbocycles. The van der Waals surface area contributed by atoms with Gasteiger partial charge in [-0.3, -0.25) is 0 Å². The van der Waals surface area contributed by atoms with Gasteiger partial charge in [0.2, 0.25) is 0 Å². The Morgan fingerprint density at radius 3 is 2.45 bits per heavy atom. The van der Waals surface area contributed by atoms with E-state index >= 15 is 0 Å². The van der Waals surface area contributed by atoms with Crippen molar-refractivity contribution in [1.29, 1.82) is 0 Å². The number of hydrogen-bond donors (Lipinski definition) is 1. The number of rotatable bonds is 6. The van der Waals surface area contributed by atoms with E-state index in [1.807, 2.05) is 0 Å². The van der Waals surface area contributed by atoms with Crippen LogP contribution in [0.2, 0.25) is 5.02 Å². The fourth-order valence-electron chi connectivity index (χ4n) is 2.10. The van der Waals surface area contributed by atoms with E-state index in [1.165, 1.54) is 11.3 Å². The molecule has 0 aliphatic heterocycles. The molecular weight excluding hydrogens is 268 g/mol. The maximum atomic E-state index is 6.40. The number of benzene rings is 1. The van der Waals surface area contributed by atoms with Crippen molar-refractivity contribution in [2.75, 3.05) is 18.5 Å². The molecule has 1 unspecified atom stereocenters. The van der Waals surface area contributed by atoms with Gasteiger partial charge in [-0.15, -0.1) is 0 Å². The maximum absolute atomic E-state index is 6.40. The molecule has 1 aromatic rings. The third kappa shape index (κ3) is 4.68. The topological polar surface area (TPSA) is 15.3 Å². The number of halogens is 1. The van der Waals surface area contributed by atoms with Gasteiger partial charge in [0, 0.05) is 30.3 Å². The van der Waals surface area contributed by atoms with Crippen molar-refractivity contribution >= 4 is 17.3 Å². The van der Waals surface area contributed by atoms with Crippen LogP contribution in [0.3, 0.4) is 0 Å². The van der Waals surface area contributed by atoms with Crippen LogP contribution in [0.4, 0.5) is 5.69 Å². The molecule has 0 heterocycles. The molecule has 0 amide bonds. The fourth-order valence-corrected chi connectivity index (χ4v) is 2.34. The quantitative estimate of drug-likeness (QED) is 0.765. The highest BCUT2D eigenvalue weighted by molar-refractivity contribution is 6.31. The van der Waals surface area contributed by atoms with E-state index in [0.29, 0.717) is 6.04 Å². The second kappa shape index (κ2) is 7.33. The monoisotopic (exact) mass is 296 g/mol. The molecule has 20 heavy (non-hydrogen) atoms. The molecule has 1 N–H and O–H groups in total. The van der Waals surface area contributed by atoms with Crippen molar-refractivity contribution in [2.24, 2.45) is 5.41 Å². The second-order valence-electron chi connectivity index (χ2n) is 6.61. The molecule has 0 radical (unpaired) electrons. The van der Waals surface area contributed by atoms with Crippen LogP contribution in [0.25, 0.3) is 0 Å². The van der Waals surface area contributed by atoms with Crippen LogP contribution >= 0.6 is 11.6 Å². The molecule has 3 heteroatoms. The van der Waals surface area contributed by atoms with Gasteiger partial charge in [0.1, 0.15) is 0 Å². The SMILES string of the molecule is CCCNCc1ccc(N(C)C(C)C(C)(C)C)cc1Cl. The summed E-state index contributed by atoms with van der Waals surface area (Å²) in [7, 11) is 2.14. The van der Waals surface area contributed by atoms with Crippen molar-refractivity contribution in [3.05, 3.63) is 28.8 Å². The lowest BCUT2D eigenvalue weighted by Crippen LogP contribution is -2.39. The predicted octanol–water partition coefficient (Wildman–Crippen LogP) is 4.71. The van der Waals surface area contributed by atoms with E-state index in [-0.39, 0.29) is 5.41 Å². The van der Waals surface area contributed by atoms with Crippen molar-refractivity contribution in [3.63, 3.8) is 0 Å². The van der Waals surface area contributed by atoms with E-state index in [9.17, 15) is 0 Å². The molecular formula is C17H29ClN2. The number of nitrogens with one attached hydrogen (secondary N) is 1. The number of anilines is 1. The minimum atomic E-state index is 0.239. The summed E-state index contributed by atoms with van der Waals surface area (Å²) in [5, 5.41) is 4.24. The summed E-state index contributed by atoms with van der Waals surface area (Å²) in [5.41, 5.74) is 2.58. The first-order chi connectivity index (χ1) is 9.27. The first-order valence-electron chi connectivity index (χ1n) is 7.49. The smallest absolute Gasteiger partial charge is 0.0471 e. The molecule has 0 saturated carbocycles. The highest BCUT2D eigenvalue weighted by atomic mass is 35.5. The molecule has 0 saturated heterocycles. The van der Waals surface area contributed by atoms with Gasteiger partial charge in [-0.25, -0.2) is 0 Å². The van der Waals surface area contributed by atoms with Crippen molar-refractivity contribution < 1.29 is 0 Å². The summed E-state index contributed by atoms with van der Waals surface area (Å²) < 4.78 is 0. The molecule has 0 bridgehead atoms. The van der Waals surface area contributed by atoms with Crippen LogP contribution in [-0.4, -0.2) is 19.6 Å². The van der Waals surface area contributed by atoms with Crippen LogP contribution in [-0.2, 0) is 6.54 Å². The van der Waals surface area contributed by atoms with Gasteiger partial charge in [-0.05, 0) is 43.0 Å². The van der Waals surface area contributed by atoms with Crippen LogP contribution in [0, 0.1) is 5.41 Å². The zero-order valence-corrected chi connectivity index (χ0v) is 14.5. The molecule has 0 aliphatic carbocycles. The Hall–Kier alpha value is -0.730. The minimum Gasteiger partial charge on any atom is -0.371 e. The van der Waals surface area contributed by atoms with Crippen LogP contribution in [0.5, 0.6) is 0 Å². The van der Waals surface area contributed by atoms with Crippen LogP contribution in [0.15, 0.2) is 18.2 Å². The Morgan fingerprint density at radius 2 is 1.95 bits per heavy atom. The summed E-state index contributed by atoms with van der Waals surface area (Å²) in [6, 6.07) is 6.82. The highest BCUT2D eigenvalue weighted by Crippen LogP contribution is 2.29. The zero-order chi connectivity index (χ0) is 15.3. The van der Waals surface area contributed by atoms with E-state index in [1.54, 1.807) is 0 Å². The molecule has 0 aliphatic rings. The van der Waals surface area contributed by atoms with Gasteiger partial charge < -0.3 is 10.2 Å². The molecule has 114 valence electrons. The first-order valence-corrected chi connectivity index (χ1v) is 7.87. The first kappa shape index (κ1) is 17.3. The van der Waals surface area contributed by atoms with Gasteiger partial charge in [0.15, 0.2) is 0 Å². The fraction of sp³-hybridized carbons (Fsp3) is 0.647.